The van der Waals surface area contributed by atoms with E-state index >= 15 is 0 Å². The summed E-state index contributed by atoms with van der Waals surface area (Å²) in [7, 11) is 0. The largest absolute Gasteiger partial charge is 0.508 e. The lowest BCUT2D eigenvalue weighted by atomic mass is 10.2. The van der Waals surface area contributed by atoms with Gasteiger partial charge in [-0.05, 0) is 31.5 Å². The van der Waals surface area contributed by atoms with Crippen molar-refractivity contribution in [1.82, 2.24) is 14.7 Å². The average Bonchev–Trinajstić information content (AvgIpc) is 2.50. The SMILES string of the molecule is CCN(CC)C(=O)CN1CCN(Cc2cccc(O)c2)CC1. The highest BCUT2D eigenvalue weighted by atomic mass is 16.3. The van der Waals surface area contributed by atoms with Crippen LogP contribution in [0.2, 0.25) is 0 Å². The summed E-state index contributed by atoms with van der Waals surface area (Å²) in [5, 5.41) is 9.51. The van der Waals surface area contributed by atoms with E-state index in [1.54, 1.807) is 6.07 Å². The van der Waals surface area contributed by atoms with Crippen molar-refractivity contribution in [2.24, 2.45) is 0 Å². The van der Waals surface area contributed by atoms with Crippen LogP contribution < -0.4 is 0 Å². The van der Waals surface area contributed by atoms with Crippen molar-refractivity contribution in [3.8, 4) is 5.75 Å². The van der Waals surface area contributed by atoms with Gasteiger partial charge in [0.2, 0.25) is 5.91 Å². The second kappa shape index (κ2) is 8.15. The lowest BCUT2D eigenvalue weighted by Gasteiger charge is -2.35. The molecule has 1 aromatic carbocycles. The number of nitrogens with zero attached hydrogens (tertiary/aromatic N) is 3. The molecule has 2 rings (SSSR count). The number of carbonyl (C=O) groups excluding carboxylic acids is 1. The third-order valence-electron chi connectivity index (χ3n) is 4.26. The third-order valence-corrected chi connectivity index (χ3v) is 4.26. The zero-order valence-corrected chi connectivity index (χ0v) is 13.7. The van der Waals surface area contributed by atoms with Crippen LogP contribution in [-0.2, 0) is 11.3 Å². The van der Waals surface area contributed by atoms with E-state index in [4.69, 9.17) is 0 Å². The quantitative estimate of drug-likeness (QED) is 0.862. The molecule has 22 heavy (non-hydrogen) atoms. The molecule has 1 heterocycles. The maximum absolute atomic E-state index is 12.1. The van der Waals surface area contributed by atoms with Crippen molar-refractivity contribution in [1.29, 1.82) is 0 Å². The van der Waals surface area contributed by atoms with Crippen LogP contribution in [0.5, 0.6) is 5.75 Å². The Morgan fingerprint density at radius 2 is 1.77 bits per heavy atom. The molecule has 0 spiro atoms. The molecule has 122 valence electrons. The van der Waals surface area contributed by atoms with Gasteiger partial charge in [0.15, 0.2) is 0 Å². The fourth-order valence-electron chi connectivity index (χ4n) is 2.89. The van der Waals surface area contributed by atoms with Gasteiger partial charge in [0.25, 0.3) is 0 Å². The predicted octanol–water partition coefficient (Wildman–Crippen LogP) is 1.38. The van der Waals surface area contributed by atoms with Crippen molar-refractivity contribution >= 4 is 5.91 Å². The Hall–Kier alpha value is -1.59. The van der Waals surface area contributed by atoms with Crippen molar-refractivity contribution in [2.75, 3.05) is 45.8 Å². The van der Waals surface area contributed by atoms with Gasteiger partial charge in [0, 0.05) is 45.8 Å². The Morgan fingerprint density at radius 3 is 2.36 bits per heavy atom. The molecule has 0 bridgehead atoms. The van der Waals surface area contributed by atoms with Crippen molar-refractivity contribution in [3.05, 3.63) is 29.8 Å². The summed E-state index contributed by atoms with van der Waals surface area (Å²) in [4.78, 5) is 18.6. The second-order valence-electron chi connectivity index (χ2n) is 5.79. The Kier molecular flexibility index (Phi) is 6.21. The first-order valence-corrected chi connectivity index (χ1v) is 8.12. The smallest absolute Gasteiger partial charge is 0.236 e. The molecule has 0 aliphatic carbocycles. The van der Waals surface area contributed by atoms with E-state index in [0.717, 1.165) is 51.4 Å². The Balaban J connectivity index is 1.77. The highest BCUT2D eigenvalue weighted by Gasteiger charge is 2.20. The number of phenols is 1. The van der Waals surface area contributed by atoms with E-state index < -0.39 is 0 Å². The van der Waals surface area contributed by atoms with Crippen LogP contribution in [0.1, 0.15) is 19.4 Å². The van der Waals surface area contributed by atoms with Crippen molar-refractivity contribution in [3.63, 3.8) is 0 Å². The van der Waals surface area contributed by atoms with E-state index in [2.05, 4.69) is 9.80 Å². The number of aromatic hydroxyl groups is 1. The van der Waals surface area contributed by atoms with E-state index in [1.165, 1.54) is 0 Å². The van der Waals surface area contributed by atoms with Crippen LogP contribution >= 0.6 is 0 Å². The molecule has 1 saturated heterocycles. The Labute approximate surface area is 133 Å². The van der Waals surface area contributed by atoms with Gasteiger partial charge < -0.3 is 10.0 Å². The molecule has 0 saturated carbocycles. The minimum Gasteiger partial charge on any atom is -0.508 e. The van der Waals surface area contributed by atoms with Gasteiger partial charge in [-0.2, -0.15) is 0 Å². The molecule has 0 aromatic heterocycles. The van der Waals surface area contributed by atoms with Crippen LogP contribution in [0.15, 0.2) is 24.3 Å². The summed E-state index contributed by atoms with van der Waals surface area (Å²) in [6.07, 6.45) is 0. The van der Waals surface area contributed by atoms with Gasteiger partial charge in [-0.25, -0.2) is 0 Å². The van der Waals surface area contributed by atoms with Crippen LogP contribution in [0.4, 0.5) is 0 Å². The summed E-state index contributed by atoms with van der Waals surface area (Å²) in [6.45, 7) is 10.8. The fraction of sp³-hybridized carbons (Fsp3) is 0.588. The van der Waals surface area contributed by atoms with Gasteiger partial charge in [0.05, 0.1) is 6.54 Å². The zero-order valence-electron chi connectivity index (χ0n) is 13.7. The minimum atomic E-state index is 0.228. The van der Waals surface area contributed by atoms with Crippen LogP contribution in [0, 0.1) is 0 Å². The molecule has 5 nitrogen and oxygen atoms in total. The summed E-state index contributed by atoms with van der Waals surface area (Å²) < 4.78 is 0. The van der Waals surface area contributed by atoms with E-state index in [9.17, 15) is 9.90 Å². The number of rotatable bonds is 6. The molecule has 1 aliphatic heterocycles. The molecule has 0 radical (unpaired) electrons. The predicted molar refractivity (Wildman–Crippen MR) is 87.8 cm³/mol. The molecule has 5 heteroatoms. The summed E-state index contributed by atoms with van der Waals surface area (Å²) in [5.41, 5.74) is 1.13. The van der Waals surface area contributed by atoms with E-state index in [-0.39, 0.29) is 5.91 Å². The number of likely N-dealkylation sites (N-methyl/N-ethyl adjacent to an activating group) is 1. The molecule has 1 fully saturated rings. The van der Waals surface area contributed by atoms with Crippen LogP contribution in [0.3, 0.4) is 0 Å². The molecule has 0 unspecified atom stereocenters. The summed E-state index contributed by atoms with van der Waals surface area (Å²) in [5.74, 6) is 0.549. The maximum atomic E-state index is 12.1. The normalized spacial score (nSPS) is 16.6. The highest BCUT2D eigenvalue weighted by molar-refractivity contribution is 5.78. The summed E-state index contributed by atoms with van der Waals surface area (Å²) in [6, 6.07) is 7.43. The van der Waals surface area contributed by atoms with Gasteiger partial charge in [-0.15, -0.1) is 0 Å². The lowest BCUT2D eigenvalue weighted by Crippen LogP contribution is -2.49. The molecular weight excluding hydrogens is 278 g/mol. The fourth-order valence-corrected chi connectivity index (χ4v) is 2.89. The number of amides is 1. The third kappa shape index (κ3) is 4.71. The number of hydrogen-bond acceptors (Lipinski definition) is 4. The molecule has 1 amide bonds. The first-order valence-electron chi connectivity index (χ1n) is 8.12. The number of phenolic OH excluding ortho intramolecular Hbond substituents is 1. The molecule has 0 atom stereocenters. The first kappa shape index (κ1) is 16.8. The number of hydrogen-bond donors (Lipinski definition) is 1. The van der Waals surface area contributed by atoms with Gasteiger partial charge in [-0.3, -0.25) is 14.6 Å². The van der Waals surface area contributed by atoms with Gasteiger partial charge in [-0.1, -0.05) is 12.1 Å². The monoisotopic (exact) mass is 305 g/mol. The zero-order chi connectivity index (χ0) is 15.9. The van der Waals surface area contributed by atoms with E-state index in [0.29, 0.717) is 12.3 Å². The summed E-state index contributed by atoms with van der Waals surface area (Å²) >= 11 is 0. The first-order chi connectivity index (χ1) is 10.6. The molecule has 1 aliphatic rings. The minimum absolute atomic E-state index is 0.228. The highest BCUT2D eigenvalue weighted by Crippen LogP contribution is 2.14. The average molecular weight is 305 g/mol. The topological polar surface area (TPSA) is 47.0 Å². The number of benzene rings is 1. The maximum Gasteiger partial charge on any atom is 0.236 e. The Morgan fingerprint density at radius 1 is 1.14 bits per heavy atom. The number of carbonyl (C=O) groups is 1. The van der Waals surface area contributed by atoms with Crippen molar-refractivity contribution < 1.29 is 9.90 Å². The van der Waals surface area contributed by atoms with Crippen LogP contribution in [-0.4, -0.2) is 71.5 Å². The number of piperazine rings is 1. The second-order valence-corrected chi connectivity index (χ2v) is 5.79. The standard InChI is InChI=1S/C17H27N3O2/c1-3-20(4-2)17(22)14-19-10-8-18(9-11-19)13-15-6-5-7-16(21)12-15/h5-7,12,21H,3-4,8-11,13-14H2,1-2H3. The lowest BCUT2D eigenvalue weighted by molar-refractivity contribution is -0.132. The molecule has 1 aromatic rings. The van der Waals surface area contributed by atoms with Gasteiger partial charge >= 0.3 is 0 Å². The van der Waals surface area contributed by atoms with Gasteiger partial charge in [0.1, 0.15) is 5.75 Å². The molecular formula is C17H27N3O2. The Bertz CT molecular complexity index is 481. The van der Waals surface area contributed by atoms with Crippen LogP contribution in [0.25, 0.3) is 0 Å². The van der Waals surface area contributed by atoms with E-state index in [1.807, 2.05) is 36.9 Å². The van der Waals surface area contributed by atoms with Crippen molar-refractivity contribution in [2.45, 2.75) is 20.4 Å². The molecule has 1 N–H and O–H groups in total.